The molecule has 2 aromatic heterocycles. The van der Waals surface area contributed by atoms with Crippen LogP contribution in [0.4, 0.5) is 0 Å². The van der Waals surface area contributed by atoms with E-state index in [9.17, 15) is 4.79 Å². The summed E-state index contributed by atoms with van der Waals surface area (Å²) in [6.07, 6.45) is 3.80. The number of carboxylic acid groups (broad SMARTS) is 1. The first-order valence-electron chi connectivity index (χ1n) is 4.89. The normalized spacial score (nSPS) is 10.8. The van der Waals surface area contributed by atoms with Crippen LogP contribution in [0.25, 0.3) is 5.65 Å². The fourth-order valence-corrected chi connectivity index (χ4v) is 1.47. The van der Waals surface area contributed by atoms with Crippen molar-refractivity contribution in [1.82, 2.24) is 9.38 Å². The maximum absolute atomic E-state index is 10.3. The zero-order chi connectivity index (χ0) is 11.5. The zero-order valence-corrected chi connectivity index (χ0v) is 8.88. The van der Waals surface area contributed by atoms with E-state index in [1.165, 1.54) is 0 Å². The summed E-state index contributed by atoms with van der Waals surface area (Å²) in [5.74, 6) is -0.973. The maximum atomic E-state index is 10.3. The molecule has 0 aliphatic heterocycles. The molecule has 16 heavy (non-hydrogen) atoms. The van der Waals surface area contributed by atoms with Crippen LogP contribution in [-0.2, 0) is 16.1 Å². The Labute approximate surface area is 92.3 Å². The van der Waals surface area contributed by atoms with Gasteiger partial charge in [0.15, 0.2) is 0 Å². The van der Waals surface area contributed by atoms with Crippen molar-refractivity contribution in [2.24, 2.45) is 0 Å². The molecule has 0 amide bonds. The summed E-state index contributed by atoms with van der Waals surface area (Å²) in [5, 5.41) is 8.42. The van der Waals surface area contributed by atoms with Gasteiger partial charge in [0.05, 0.1) is 12.3 Å². The molecule has 0 aromatic carbocycles. The third-order valence-corrected chi connectivity index (χ3v) is 2.12. The molecule has 0 aliphatic rings. The second kappa shape index (κ2) is 4.32. The Kier molecular flexibility index (Phi) is 2.87. The van der Waals surface area contributed by atoms with E-state index in [2.05, 4.69) is 4.98 Å². The predicted octanol–water partition coefficient (Wildman–Crippen LogP) is 1.24. The summed E-state index contributed by atoms with van der Waals surface area (Å²) in [7, 11) is 0. The third-order valence-electron chi connectivity index (χ3n) is 2.12. The fraction of sp³-hybridized carbons (Fsp3) is 0.273. The second-order valence-electron chi connectivity index (χ2n) is 3.59. The van der Waals surface area contributed by atoms with Gasteiger partial charge >= 0.3 is 5.97 Å². The molecule has 0 unspecified atom stereocenters. The Morgan fingerprint density at radius 1 is 1.50 bits per heavy atom. The van der Waals surface area contributed by atoms with Crippen molar-refractivity contribution in [3.63, 3.8) is 0 Å². The van der Waals surface area contributed by atoms with Gasteiger partial charge in [-0.15, -0.1) is 0 Å². The highest BCUT2D eigenvalue weighted by atomic mass is 16.5. The van der Waals surface area contributed by atoms with Crippen LogP contribution in [0.1, 0.15) is 11.3 Å². The van der Waals surface area contributed by atoms with Crippen LogP contribution in [0.3, 0.4) is 0 Å². The number of carboxylic acids is 1. The molecule has 0 radical (unpaired) electrons. The zero-order valence-electron chi connectivity index (χ0n) is 8.88. The number of imidazole rings is 1. The number of nitrogens with zero attached hydrogens (tertiary/aromatic N) is 2. The highest BCUT2D eigenvalue weighted by Gasteiger charge is 2.03. The summed E-state index contributed by atoms with van der Waals surface area (Å²) in [5.41, 5.74) is 2.70. The Bertz CT molecular complexity index is 519. The van der Waals surface area contributed by atoms with Crippen LogP contribution < -0.4 is 0 Å². The van der Waals surface area contributed by atoms with Crippen molar-refractivity contribution in [3.05, 3.63) is 35.8 Å². The predicted molar refractivity (Wildman–Crippen MR) is 57.2 cm³/mol. The number of hydrogen-bond acceptors (Lipinski definition) is 3. The van der Waals surface area contributed by atoms with Crippen molar-refractivity contribution < 1.29 is 14.6 Å². The largest absolute Gasteiger partial charge is 0.480 e. The van der Waals surface area contributed by atoms with E-state index in [4.69, 9.17) is 9.84 Å². The average Bonchev–Trinajstić information content (AvgIpc) is 2.58. The van der Waals surface area contributed by atoms with Crippen molar-refractivity contribution in [2.45, 2.75) is 13.5 Å². The highest BCUT2D eigenvalue weighted by molar-refractivity contribution is 5.67. The van der Waals surface area contributed by atoms with Gasteiger partial charge in [0, 0.05) is 12.4 Å². The number of rotatable bonds is 4. The van der Waals surface area contributed by atoms with Gasteiger partial charge in [-0.1, -0.05) is 6.07 Å². The van der Waals surface area contributed by atoms with Crippen LogP contribution in [-0.4, -0.2) is 27.1 Å². The van der Waals surface area contributed by atoms with E-state index in [0.717, 1.165) is 16.9 Å². The van der Waals surface area contributed by atoms with Crippen LogP contribution in [0, 0.1) is 6.92 Å². The summed E-state index contributed by atoms with van der Waals surface area (Å²) in [6, 6.07) is 3.89. The molecule has 0 aliphatic carbocycles. The number of aromatic nitrogens is 2. The lowest BCUT2D eigenvalue weighted by atomic mass is 10.3. The molecular weight excluding hydrogens is 208 g/mol. The van der Waals surface area contributed by atoms with Crippen molar-refractivity contribution in [3.8, 4) is 0 Å². The van der Waals surface area contributed by atoms with E-state index in [1.54, 1.807) is 0 Å². The molecule has 5 heteroatoms. The van der Waals surface area contributed by atoms with Gasteiger partial charge in [0.2, 0.25) is 0 Å². The molecule has 5 nitrogen and oxygen atoms in total. The Balaban J connectivity index is 2.10. The number of pyridine rings is 1. The lowest BCUT2D eigenvalue weighted by Crippen LogP contribution is -2.06. The minimum absolute atomic E-state index is 0.215. The lowest BCUT2D eigenvalue weighted by molar-refractivity contribution is -0.142. The molecule has 1 N–H and O–H groups in total. The molecule has 0 saturated carbocycles. The number of ether oxygens (including phenoxy) is 1. The number of aryl methyl sites for hydroxylation is 1. The summed E-state index contributed by atoms with van der Waals surface area (Å²) < 4.78 is 6.86. The molecule has 0 fully saturated rings. The van der Waals surface area contributed by atoms with Gasteiger partial charge in [0.25, 0.3) is 0 Å². The highest BCUT2D eigenvalue weighted by Crippen LogP contribution is 2.07. The Morgan fingerprint density at radius 2 is 2.31 bits per heavy atom. The third kappa shape index (κ3) is 2.38. The van der Waals surface area contributed by atoms with Gasteiger partial charge < -0.3 is 14.2 Å². The second-order valence-corrected chi connectivity index (χ2v) is 3.59. The standard InChI is InChI=1S/C11H12N2O3/c1-8-2-3-10-12-9(5-13(10)4-8)6-16-7-11(14)15/h2-5H,6-7H2,1H3,(H,14,15). The van der Waals surface area contributed by atoms with Gasteiger partial charge in [0.1, 0.15) is 12.3 Å². The quantitative estimate of drug-likeness (QED) is 0.842. The molecule has 0 bridgehead atoms. The maximum Gasteiger partial charge on any atom is 0.329 e. The van der Waals surface area contributed by atoms with E-state index in [0.29, 0.717) is 0 Å². The summed E-state index contributed by atoms with van der Waals surface area (Å²) in [4.78, 5) is 14.6. The molecule has 0 saturated heterocycles. The first kappa shape index (κ1) is 10.6. The summed E-state index contributed by atoms with van der Waals surface area (Å²) >= 11 is 0. The van der Waals surface area contributed by atoms with Crippen LogP contribution in [0.15, 0.2) is 24.5 Å². The van der Waals surface area contributed by atoms with Crippen LogP contribution >= 0.6 is 0 Å². The molecule has 2 heterocycles. The molecule has 0 atom stereocenters. The number of fused-ring (bicyclic) bond motifs is 1. The van der Waals surface area contributed by atoms with E-state index in [1.807, 2.05) is 35.9 Å². The van der Waals surface area contributed by atoms with Crippen molar-refractivity contribution in [2.75, 3.05) is 6.61 Å². The lowest BCUT2D eigenvalue weighted by Gasteiger charge is -1.95. The number of carbonyl (C=O) groups is 1. The van der Waals surface area contributed by atoms with Gasteiger partial charge in [-0.3, -0.25) is 0 Å². The van der Waals surface area contributed by atoms with E-state index < -0.39 is 5.97 Å². The minimum Gasteiger partial charge on any atom is -0.480 e. The Morgan fingerprint density at radius 3 is 3.06 bits per heavy atom. The fourth-order valence-electron chi connectivity index (χ4n) is 1.47. The summed E-state index contributed by atoms with van der Waals surface area (Å²) in [6.45, 7) is 1.92. The Hall–Kier alpha value is -1.88. The molecule has 84 valence electrons. The van der Waals surface area contributed by atoms with Gasteiger partial charge in [-0.05, 0) is 18.6 Å². The van der Waals surface area contributed by atoms with Gasteiger partial charge in [-0.2, -0.15) is 0 Å². The smallest absolute Gasteiger partial charge is 0.329 e. The van der Waals surface area contributed by atoms with E-state index >= 15 is 0 Å². The molecular formula is C11H12N2O3. The molecule has 2 aromatic rings. The van der Waals surface area contributed by atoms with Crippen molar-refractivity contribution in [1.29, 1.82) is 0 Å². The minimum atomic E-state index is -0.973. The monoisotopic (exact) mass is 220 g/mol. The molecule has 0 spiro atoms. The number of aliphatic carboxylic acids is 1. The van der Waals surface area contributed by atoms with E-state index in [-0.39, 0.29) is 13.2 Å². The van der Waals surface area contributed by atoms with Gasteiger partial charge in [-0.25, -0.2) is 9.78 Å². The topological polar surface area (TPSA) is 63.8 Å². The van der Waals surface area contributed by atoms with Crippen LogP contribution in [0.5, 0.6) is 0 Å². The van der Waals surface area contributed by atoms with Crippen LogP contribution in [0.2, 0.25) is 0 Å². The number of hydrogen-bond donors (Lipinski definition) is 1. The van der Waals surface area contributed by atoms with Crippen molar-refractivity contribution >= 4 is 11.6 Å². The average molecular weight is 220 g/mol. The molecule has 2 rings (SSSR count). The SMILES string of the molecule is Cc1ccc2nc(COCC(=O)O)cn2c1. The first-order valence-corrected chi connectivity index (χ1v) is 4.89. The first-order chi connectivity index (χ1) is 7.65.